The number of hydrogen-bond donors (Lipinski definition) is 1. The number of benzene rings is 2. The Morgan fingerprint density at radius 2 is 1.89 bits per heavy atom. The highest BCUT2D eigenvalue weighted by atomic mass is 32.1. The van der Waals surface area contributed by atoms with Crippen LogP contribution < -0.4 is 4.90 Å². The summed E-state index contributed by atoms with van der Waals surface area (Å²) in [6.07, 6.45) is 1.41. The Hall–Kier alpha value is -3.33. The summed E-state index contributed by atoms with van der Waals surface area (Å²) in [5.74, 6) is 0.533. The summed E-state index contributed by atoms with van der Waals surface area (Å²) in [5.41, 5.74) is 2.32. The first-order valence-corrected chi connectivity index (χ1v) is 9.26. The molecule has 1 heterocycles. The van der Waals surface area contributed by atoms with Gasteiger partial charge < -0.3 is 4.90 Å². The van der Waals surface area contributed by atoms with Crippen molar-refractivity contribution >= 4 is 29.8 Å². The van der Waals surface area contributed by atoms with Crippen LogP contribution in [0.15, 0.2) is 53.6 Å². The van der Waals surface area contributed by atoms with Crippen molar-refractivity contribution < 1.29 is 4.92 Å². The predicted molar refractivity (Wildman–Crippen MR) is 112 cm³/mol. The van der Waals surface area contributed by atoms with E-state index < -0.39 is 4.92 Å². The molecule has 3 rings (SSSR count). The number of hydrogen-bond acceptors (Lipinski definition) is 6. The minimum absolute atomic E-state index is 0.0219. The van der Waals surface area contributed by atoms with Gasteiger partial charge in [-0.15, -0.1) is 0 Å². The Balaban J connectivity index is 1.95. The molecule has 0 unspecified atom stereocenters. The van der Waals surface area contributed by atoms with Crippen LogP contribution >= 0.6 is 12.2 Å². The van der Waals surface area contributed by atoms with Crippen LogP contribution in [-0.2, 0) is 0 Å². The highest BCUT2D eigenvalue weighted by molar-refractivity contribution is 7.71. The molecule has 9 heteroatoms. The fraction of sp³-hybridized carbons (Fsp3) is 0.211. The van der Waals surface area contributed by atoms with Gasteiger partial charge in [0.05, 0.1) is 16.7 Å². The van der Waals surface area contributed by atoms with E-state index in [0.29, 0.717) is 16.2 Å². The molecular weight excluding hydrogens is 376 g/mol. The summed E-state index contributed by atoms with van der Waals surface area (Å²) in [6, 6.07) is 14.3. The summed E-state index contributed by atoms with van der Waals surface area (Å²) in [5, 5.41) is 22.5. The van der Waals surface area contributed by atoms with E-state index in [1.807, 2.05) is 24.3 Å². The molecule has 0 spiro atoms. The molecule has 3 aromatic rings. The third-order valence-corrected chi connectivity index (χ3v) is 4.61. The minimum atomic E-state index is -0.442. The van der Waals surface area contributed by atoms with Crippen LogP contribution in [0.2, 0.25) is 0 Å². The normalized spacial score (nSPS) is 11.1. The highest BCUT2D eigenvalue weighted by Crippen LogP contribution is 2.22. The van der Waals surface area contributed by atoms with Crippen molar-refractivity contribution in [3.63, 3.8) is 0 Å². The number of nitrogens with one attached hydrogen (secondary N) is 1. The fourth-order valence-corrected chi connectivity index (χ4v) is 3.06. The number of nitro groups is 1. The molecule has 0 saturated heterocycles. The van der Waals surface area contributed by atoms with Crippen molar-refractivity contribution in [2.75, 3.05) is 18.0 Å². The van der Waals surface area contributed by atoms with Crippen molar-refractivity contribution in [1.82, 2.24) is 14.9 Å². The molecule has 2 aromatic carbocycles. The van der Waals surface area contributed by atoms with Crippen molar-refractivity contribution in [3.8, 4) is 11.4 Å². The number of aromatic nitrogens is 3. The second kappa shape index (κ2) is 8.57. The quantitative estimate of drug-likeness (QED) is 0.279. The van der Waals surface area contributed by atoms with E-state index in [2.05, 4.69) is 34.0 Å². The van der Waals surface area contributed by atoms with Gasteiger partial charge in [0.1, 0.15) is 0 Å². The standard InChI is InChI=1S/C19H20N6O2S/c1-3-23(4-2)16-11-9-14(10-12-16)18-21-22-19(28)24(18)20-13-15-7-5-6-8-17(15)25(26)27/h5-13H,3-4H2,1-2H3,(H,22,28). The van der Waals surface area contributed by atoms with Crippen molar-refractivity contribution in [2.24, 2.45) is 5.10 Å². The lowest BCUT2D eigenvalue weighted by atomic mass is 10.2. The van der Waals surface area contributed by atoms with Gasteiger partial charge in [0.15, 0.2) is 5.82 Å². The van der Waals surface area contributed by atoms with Crippen LogP contribution in [0.25, 0.3) is 11.4 Å². The van der Waals surface area contributed by atoms with Crippen molar-refractivity contribution in [2.45, 2.75) is 13.8 Å². The SMILES string of the molecule is CCN(CC)c1ccc(-c2n[nH]c(=S)n2N=Cc2ccccc2[N+](=O)[O-])cc1. The third-order valence-electron chi connectivity index (χ3n) is 4.35. The Morgan fingerprint density at radius 3 is 2.54 bits per heavy atom. The van der Waals surface area contributed by atoms with Crippen LogP contribution in [0.4, 0.5) is 11.4 Å². The lowest BCUT2D eigenvalue weighted by Crippen LogP contribution is -2.21. The molecular formula is C19H20N6O2S. The molecule has 1 N–H and O–H groups in total. The third kappa shape index (κ3) is 3.99. The Kier molecular flexibility index (Phi) is 5.95. The molecule has 1 aromatic heterocycles. The zero-order chi connectivity index (χ0) is 20.1. The molecule has 28 heavy (non-hydrogen) atoms. The van der Waals surface area contributed by atoms with Crippen molar-refractivity contribution in [3.05, 3.63) is 69.0 Å². The molecule has 0 atom stereocenters. The zero-order valence-electron chi connectivity index (χ0n) is 15.6. The van der Waals surface area contributed by atoms with Gasteiger partial charge in [0.25, 0.3) is 5.69 Å². The number of para-hydroxylation sites is 1. The average Bonchev–Trinajstić information content (AvgIpc) is 3.08. The second-order valence-electron chi connectivity index (χ2n) is 5.94. The summed E-state index contributed by atoms with van der Waals surface area (Å²) in [4.78, 5) is 13.0. The lowest BCUT2D eigenvalue weighted by molar-refractivity contribution is -0.385. The van der Waals surface area contributed by atoms with E-state index in [-0.39, 0.29) is 5.69 Å². The van der Waals surface area contributed by atoms with E-state index in [1.165, 1.54) is 17.0 Å². The first kappa shape index (κ1) is 19.4. The zero-order valence-corrected chi connectivity index (χ0v) is 16.4. The first-order chi connectivity index (χ1) is 13.5. The highest BCUT2D eigenvalue weighted by Gasteiger charge is 2.12. The smallest absolute Gasteiger partial charge is 0.278 e. The van der Waals surface area contributed by atoms with Crippen LogP contribution in [0.1, 0.15) is 19.4 Å². The van der Waals surface area contributed by atoms with Gasteiger partial charge in [-0.2, -0.15) is 14.9 Å². The number of anilines is 1. The maximum absolute atomic E-state index is 11.2. The molecule has 0 radical (unpaired) electrons. The molecule has 8 nitrogen and oxygen atoms in total. The molecule has 0 bridgehead atoms. The minimum Gasteiger partial charge on any atom is -0.372 e. The Morgan fingerprint density at radius 1 is 1.21 bits per heavy atom. The van der Waals surface area contributed by atoms with Gasteiger partial charge in [-0.3, -0.25) is 10.1 Å². The predicted octanol–water partition coefficient (Wildman–Crippen LogP) is 4.24. The maximum atomic E-state index is 11.2. The number of aromatic amines is 1. The number of nitrogens with zero attached hydrogens (tertiary/aromatic N) is 5. The number of nitro benzene ring substituents is 1. The molecule has 0 aliphatic heterocycles. The van der Waals surface area contributed by atoms with E-state index in [0.717, 1.165) is 24.3 Å². The number of rotatable bonds is 7. The summed E-state index contributed by atoms with van der Waals surface area (Å²) < 4.78 is 1.76. The van der Waals surface area contributed by atoms with Gasteiger partial charge >= 0.3 is 0 Å². The van der Waals surface area contributed by atoms with Gasteiger partial charge in [0.2, 0.25) is 4.77 Å². The summed E-state index contributed by atoms with van der Waals surface area (Å²) in [7, 11) is 0. The van der Waals surface area contributed by atoms with Crippen LogP contribution in [0, 0.1) is 14.9 Å². The van der Waals surface area contributed by atoms with Gasteiger partial charge in [-0.1, -0.05) is 12.1 Å². The molecule has 0 aliphatic rings. The van der Waals surface area contributed by atoms with Gasteiger partial charge in [0, 0.05) is 30.4 Å². The molecule has 0 fully saturated rings. The van der Waals surface area contributed by atoms with Crippen LogP contribution in [-0.4, -0.2) is 39.1 Å². The summed E-state index contributed by atoms with van der Waals surface area (Å²) >= 11 is 5.27. The number of H-pyrrole nitrogens is 1. The summed E-state index contributed by atoms with van der Waals surface area (Å²) in [6.45, 7) is 6.07. The Bertz CT molecular complexity index is 1050. The first-order valence-electron chi connectivity index (χ1n) is 8.85. The second-order valence-corrected chi connectivity index (χ2v) is 6.33. The monoisotopic (exact) mass is 396 g/mol. The molecule has 0 aliphatic carbocycles. The lowest BCUT2D eigenvalue weighted by Gasteiger charge is -2.20. The molecule has 144 valence electrons. The van der Waals surface area contributed by atoms with Gasteiger partial charge in [-0.05, 0) is 56.4 Å². The van der Waals surface area contributed by atoms with E-state index in [4.69, 9.17) is 12.2 Å². The maximum Gasteiger partial charge on any atom is 0.278 e. The van der Waals surface area contributed by atoms with E-state index in [9.17, 15) is 10.1 Å². The fourth-order valence-electron chi connectivity index (χ4n) is 2.88. The van der Waals surface area contributed by atoms with Crippen molar-refractivity contribution in [1.29, 1.82) is 0 Å². The Labute approximate surface area is 167 Å². The topological polar surface area (TPSA) is 92.3 Å². The molecule has 0 amide bonds. The average molecular weight is 396 g/mol. The van der Waals surface area contributed by atoms with Crippen LogP contribution in [0.3, 0.4) is 0 Å². The van der Waals surface area contributed by atoms with Crippen LogP contribution in [0.5, 0.6) is 0 Å². The molecule has 0 saturated carbocycles. The van der Waals surface area contributed by atoms with E-state index >= 15 is 0 Å². The van der Waals surface area contributed by atoms with E-state index in [1.54, 1.807) is 18.2 Å². The van der Waals surface area contributed by atoms with Gasteiger partial charge in [-0.25, -0.2) is 5.10 Å². The largest absolute Gasteiger partial charge is 0.372 e.